The number of amides is 2. The number of nitrogens with one attached hydrogen (secondary N) is 2. The highest BCUT2D eigenvalue weighted by molar-refractivity contribution is 7.98. The van der Waals surface area contributed by atoms with Crippen molar-refractivity contribution in [2.75, 3.05) is 38.8 Å². The summed E-state index contributed by atoms with van der Waals surface area (Å²) in [5.74, 6) is -0.0931. The van der Waals surface area contributed by atoms with Crippen LogP contribution in [0.4, 0.5) is 0 Å². The summed E-state index contributed by atoms with van der Waals surface area (Å²) in [5, 5.41) is 5.12. The van der Waals surface area contributed by atoms with Crippen LogP contribution in [0.1, 0.15) is 30.5 Å². The maximum Gasteiger partial charge on any atom is 0.328 e. The minimum absolute atomic E-state index is 0.0772. The Hall–Kier alpha value is -3.41. The molecule has 0 bridgehead atoms. The number of rotatable bonds is 14. The fourth-order valence-corrected chi connectivity index (χ4v) is 5.94. The van der Waals surface area contributed by atoms with Gasteiger partial charge >= 0.3 is 5.97 Å². The molecule has 10 nitrogen and oxygen atoms in total. The van der Waals surface area contributed by atoms with Crippen LogP contribution in [0.25, 0.3) is 10.8 Å². The number of benzene rings is 2. The molecule has 1 saturated heterocycles. The van der Waals surface area contributed by atoms with Gasteiger partial charge in [-0.25, -0.2) is 9.78 Å². The van der Waals surface area contributed by atoms with E-state index in [-0.39, 0.29) is 24.4 Å². The topological polar surface area (TPSA) is 134 Å². The molecule has 1 aliphatic heterocycles. The van der Waals surface area contributed by atoms with E-state index in [2.05, 4.69) is 44.5 Å². The lowest BCUT2D eigenvalue weighted by atomic mass is 10.0. The summed E-state index contributed by atoms with van der Waals surface area (Å²) in [7, 11) is 1.33. The average molecular weight is 581 g/mol. The fraction of sp³-hybridized carbons (Fsp3) is 0.467. The van der Waals surface area contributed by atoms with Crippen LogP contribution >= 0.6 is 11.8 Å². The summed E-state index contributed by atoms with van der Waals surface area (Å²) in [4.78, 5) is 50.0. The molecule has 4 rings (SSSR count). The Morgan fingerprint density at radius 2 is 2.05 bits per heavy atom. The molecule has 2 amide bonds. The van der Waals surface area contributed by atoms with Crippen LogP contribution in [0.3, 0.4) is 0 Å². The van der Waals surface area contributed by atoms with Gasteiger partial charge in [-0.1, -0.05) is 42.5 Å². The second-order valence-corrected chi connectivity index (χ2v) is 11.4. The Morgan fingerprint density at radius 1 is 1.24 bits per heavy atom. The SMILES string of the molecule is COC(=O)[C@H](CCSC)NC(=O)CN(Cc1cccc2ccccc12)C[C@@H]1CCCN1C(=O)[C@H](N)Cc1c[nH]cn1. The zero-order valence-corrected chi connectivity index (χ0v) is 24.6. The molecular formula is C30H40N6O4S. The number of thioether (sulfide) groups is 1. The summed E-state index contributed by atoms with van der Waals surface area (Å²) in [6, 6.07) is 12.9. The quantitative estimate of drug-likeness (QED) is 0.248. The van der Waals surface area contributed by atoms with Crippen LogP contribution in [0.2, 0.25) is 0 Å². The monoisotopic (exact) mass is 580 g/mol. The molecule has 4 N–H and O–H groups in total. The second kappa shape index (κ2) is 15.0. The van der Waals surface area contributed by atoms with Crippen LogP contribution < -0.4 is 11.1 Å². The van der Waals surface area contributed by atoms with Gasteiger partial charge in [0.05, 0.1) is 31.7 Å². The molecule has 0 saturated carbocycles. The smallest absolute Gasteiger partial charge is 0.328 e. The Labute approximate surface area is 245 Å². The first-order valence-electron chi connectivity index (χ1n) is 14.0. The molecule has 41 heavy (non-hydrogen) atoms. The lowest BCUT2D eigenvalue weighted by Crippen LogP contribution is -2.52. The van der Waals surface area contributed by atoms with E-state index in [0.29, 0.717) is 32.5 Å². The van der Waals surface area contributed by atoms with E-state index < -0.39 is 18.1 Å². The van der Waals surface area contributed by atoms with Gasteiger partial charge < -0.3 is 25.7 Å². The van der Waals surface area contributed by atoms with Gasteiger partial charge in [-0.15, -0.1) is 0 Å². The molecule has 2 aromatic carbocycles. The number of aromatic nitrogens is 2. The van der Waals surface area contributed by atoms with E-state index in [1.54, 1.807) is 24.3 Å². The molecule has 3 aromatic rings. The number of nitrogens with two attached hydrogens (primary N) is 1. The normalized spacial score (nSPS) is 16.6. The Kier molecular flexibility index (Phi) is 11.2. The second-order valence-electron chi connectivity index (χ2n) is 10.4. The zero-order chi connectivity index (χ0) is 29.2. The number of carbonyl (C=O) groups excluding carboxylic acids is 3. The van der Waals surface area contributed by atoms with Gasteiger partial charge in [0, 0.05) is 38.3 Å². The standard InChI is InChI=1S/C30H40N6O4S/c1-40-30(39)27(12-14-41-2)34-28(37)19-35(17-22-9-5-8-21-7-3-4-11-25(21)22)18-24-10-6-13-36(24)29(38)26(31)15-23-16-32-20-33-23/h3-5,7-9,11,16,20,24,26-27H,6,10,12-15,17-19,31H2,1-2H3,(H,32,33)(H,34,37)/t24-,26+,27-/m0/s1. The van der Waals surface area contributed by atoms with Crippen LogP contribution in [-0.2, 0) is 32.1 Å². The molecule has 0 spiro atoms. The van der Waals surface area contributed by atoms with Gasteiger partial charge in [-0.2, -0.15) is 11.8 Å². The number of ether oxygens (including phenoxy) is 1. The van der Waals surface area contributed by atoms with Crippen LogP contribution in [0.15, 0.2) is 55.0 Å². The predicted molar refractivity (Wildman–Crippen MR) is 161 cm³/mol. The number of methoxy groups -OCH3 is 1. The summed E-state index contributed by atoms with van der Waals surface area (Å²) in [6.45, 7) is 1.73. The highest BCUT2D eigenvalue weighted by Crippen LogP contribution is 2.23. The number of esters is 1. The predicted octanol–water partition coefficient (Wildman–Crippen LogP) is 2.34. The highest BCUT2D eigenvalue weighted by Gasteiger charge is 2.34. The largest absolute Gasteiger partial charge is 0.467 e. The van der Waals surface area contributed by atoms with Gasteiger partial charge in [-0.05, 0) is 47.6 Å². The average Bonchev–Trinajstić information content (AvgIpc) is 3.67. The van der Waals surface area contributed by atoms with Gasteiger partial charge in [0.25, 0.3) is 0 Å². The molecule has 11 heteroatoms. The molecule has 220 valence electrons. The van der Waals surface area contributed by atoms with Crippen molar-refractivity contribution in [2.45, 2.75) is 50.4 Å². The summed E-state index contributed by atoms with van der Waals surface area (Å²) in [5.41, 5.74) is 8.15. The molecule has 3 atom stereocenters. The number of H-pyrrole nitrogens is 1. The molecule has 1 fully saturated rings. The van der Waals surface area contributed by atoms with E-state index in [9.17, 15) is 14.4 Å². The van der Waals surface area contributed by atoms with Gasteiger partial charge in [-0.3, -0.25) is 14.5 Å². The number of aromatic amines is 1. The van der Waals surface area contributed by atoms with Crippen molar-refractivity contribution in [3.05, 3.63) is 66.2 Å². The van der Waals surface area contributed by atoms with E-state index in [4.69, 9.17) is 10.5 Å². The maximum atomic E-state index is 13.4. The molecule has 1 aromatic heterocycles. The lowest BCUT2D eigenvalue weighted by Gasteiger charge is -2.32. The van der Waals surface area contributed by atoms with E-state index >= 15 is 0 Å². The highest BCUT2D eigenvalue weighted by atomic mass is 32.2. The number of fused-ring (bicyclic) bond motifs is 1. The summed E-state index contributed by atoms with van der Waals surface area (Å²) < 4.78 is 4.93. The number of imidazole rings is 1. The number of carbonyl (C=O) groups is 3. The van der Waals surface area contributed by atoms with E-state index in [1.807, 2.05) is 29.4 Å². The third-order valence-electron chi connectivity index (χ3n) is 7.50. The molecule has 0 radical (unpaired) electrons. The van der Waals surface area contributed by atoms with Crippen molar-refractivity contribution in [1.29, 1.82) is 0 Å². The first-order valence-corrected chi connectivity index (χ1v) is 15.4. The van der Waals surface area contributed by atoms with Crippen molar-refractivity contribution >= 4 is 40.3 Å². The molecule has 0 unspecified atom stereocenters. The number of likely N-dealkylation sites (tertiary alicyclic amines) is 1. The maximum absolute atomic E-state index is 13.4. The van der Waals surface area contributed by atoms with Crippen LogP contribution in [0, 0.1) is 0 Å². The number of hydrogen-bond donors (Lipinski definition) is 3. The van der Waals surface area contributed by atoms with E-state index in [0.717, 1.165) is 40.6 Å². The molecule has 0 aliphatic carbocycles. The minimum atomic E-state index is -0.705. The van der Waals surface area contributed by atoms with Crippen molar-refractivity contribution in [3.8, 4) is 0 Å². The van der Waals surface area contributed by atoms with Crippen molar-refractivity contribution in [2.24, 2.45) is 5.73 Å². The van der Waals surface area contributed by atoms with Crippen molar-refractivity contribution in [3.63, 3.8) is 0 Å². The minimum Gasteiger partial charge on any atom is -0.467 e. The van der Waals surface area contributed by atoms with Crippen molar-refractivity contribution < 1.29 is 19.1 Å². The number of nitrogens with zero attached hydrogens (tertiary/aromatic N) is 3. The van der Waals surface area contributed by atoms with E-state index in [1.165, 1.54) is 7.11 Å². The van der Waals surface area contributed by atoms with Gasteiger partial charge in [0.1, 0.15) is 6.04 Å². The third-order valence-corrected chi connectivity index (χ3v) is 8.15. The first-order chi connectivity index (χ1) is 19.9. The first kappa shape index (κ1) is 30.5. The molecule has 1 aliphatic rings. The Morgan fingerprint density at radius 3 is 2.80 bits per heavy atom. The molecule has 2 heterocycles. The third kappa shape index (κ3) is 8.31. The Balaban J connectivity index is 1.51. The van der Waals surface area contributed by atoms with Crippen LogP contribution in [-0.4, -0.2) is 94.4 Å². The summed E-state index contributed by atoms with van der Waals surface area (Å²) >= 11 is 1.61. The Bertz CT molecular complexity index is 1300. The molecular weight excluding hydrogens is 540 g/mol. The number of hydrogen-bond acceptors (Lipinski definition) is 8. The van der Waals surface area contributed by atoms with Gasteiger partial charge in [0.15, 0.2) is 0 Å². The summed E-state index contributed by atoms with van der Waals surface area (Å²) in [6.07, 6.45) is 7.83. The van der Waals surface area contributed by atoms with Crippen LogP contribution in [0.5, 0.6) is 0 Å². The van der Waals surface area contributed by atoms with Crippen molar-refractivity contribution in [1.82, 2.24) is 25.1 Å². The lowest BCUT2D eigenvalue weighted by molar-refractivity contribution is -0.145. The zero-order valence-electron chi connectivity index (χ0n) is 23.8. The fourth-order valence-electron chi connectivity index (χ4n) is 5.47. The van der Waals surface area contributed by atoms with Gasteiger partial charge in [0.2, 0.25) is 11.8 Å².